The monoisotopic (exact) mass is 398 g/mol. The molecule has 0 aliphatic carbocycles. The third kappa shape index (κ3) is 3.67. The van der Waals surface area contributed by atoms with Crippen LogP contribution in [0.2, 0.25) is 0 Å². The highest BCUT2D eigenvalue weighted by molar-refractivity contribution is 6.10. The fraction of sp³-hybridized carbons (Fsp3) is 0.125. The maximum atomic E-state index is 13.1. The summed E-state index contributed by atoms with van der Waals surface area (Å²) in [5.74, 6) is 0.526. The van der Waals surface area contributed by atoms with E-state index in [1.807, 2.05) is 54.6 Å². The fourth-order valence-electron chi connectivity index (χ4n) is 3.61. The molecule has 2 N–H and O–H groups in total. The molecule has 0 saturated carbocycles. The fourth-order valence-corrected chi connectivity index (χ4v) is 3.61. The molecule has 2 amide bonds. The third-order valence-corrected chi connectivity index (χ3v) is 5.10. The molecule has 6 nitrogen and oxygen atoms in total. The first kappa shape index (κ1) is 19.4. The summed E-state index contributed by atoms with van der Waals surface area (Å²) in [7, 11) is 3.38. The van der Waals surface area contributed by atoms with Crippen LogP contribution < -0.4 is 5.32 Å². The van der Waals surface area contributed by atoms with Crippen molar-refractivity contribution in [3.63, 3.8) is 0 Å². The highest BCUT2D eigenvalue weighted by Crippen LogP contribution is 2.31. The lowest BCUT2D eigenvalue weighted by molar-refractivity contribution is 0.0783. The molecule has 1 heterocycles. The Bertz CT molecular complexity index is 1220. The number of fused-ring (bicyclic) bond motifs is 1. The van der Waals surface area contributed by atoms with Gasteiger partial charge in [0, 0.05) is 37.6 Å². The predicted molar refractivity (Wildman–Crippen MR) is 117 cm³/mol. The Balaban J connectivity index is 1.75. The van der Waals surface area contributed by atoms with Crippen molar-refractivity contribution in [1.29, 1.82) is 0 Å². The number of rotatable bonds is 5. The molecule has 0 saturated heterocycles. The van der Waals surface area contributed by atoms with Gasteiger partial charge in [0.1, 0.15) is 5.82 Å². The molecular weight excluding hydrogens is 376 g/mol. The number of benzene rings is 3. The summed E-state index contributed by atoms with van der Waals surface area (Å²) in [5.41, 5.74) is 3.13. The van der Waals surface area contributed by atoms with Crippen LogP contribution in [0.3, 0.4) is 0 Å². The van der Waals surface area contributed by atoms with Gasteiger partial charge in [-0.15, -0.1) is 0 Å². The standard InChI is InChI=1S/C24H22N4O2/c1-25-23(29)17-7-3-6-16(14-17)18-8-4-10-20-19(18)9-5-11-21(20)24(30)28(2)15-22-26-12-13-27-22/h3-14H,15H2,1-2H3,(H,25,29)(H,26,27). The van der Waals surface area contributed by atoms with E-state index >= 15 is 0 Å². The number of carbonyl (C=O) groups is 2. The van der Waals surface area contributed by atoms with E-state index in [4.69, 9.17) is 0 Å². The van der Waals surface area contributed by atoms with Crippen LogP contribution in [0, 0.1) is 0 Å². The normalized spacial score (nSPS) is 10.7. The van der Waals surface area contributed by atoms with Crippen molar-refractivity contribution < 1.29 is 9.59 Å². The van der Waals surface area contributed by atoms with E-state index < -0.39 is 0 Å². The molecule has 150 valence electrons. The average Bonchev–Trinajstić information content (AvgIpc) is 3.30. The Kier molecular flexibility index (Phi) is 5.30. The summed E-state index contributed by atoms with van der Waals surface area (Å²) >= 11 is 0. The molecule has 0 radical (unpaired) electrons. The third-order valence-electron chi connectivity index (χ3n) is 5.10. The second-order valence-corrected chi connectivity index (χ2v) is 7.06. The highest BCUT2D eigenvalue weighted by atomic mass is 16.2. The Morgan fingerprint density at radius 1 is 1.03 bits per heavy atom. The van der Waals surface area contributed by atoms with E-state index in [9.17, 15) is 9.59 Å². The second kappa shape index (κ2) is 8.21. The van der Waals surface area contributed by atoms with Gasteiger partial charge < -0.3 is 15.2 Å². The van der Waals surface area contributed by atoms with Crippen molar-refractivity contribution in [3.8, 4) is 11.1 Å². The molecule has 0 atom stereocenters. The van der Waals surface area contributed by atoms with Gasteiger partial charge in [0.05, 0.1) is 6.54 Å². The van der Waals surface area contributed by atoms with Gasteiger partial charge in [-0.1, -0.05) is 42.5 Å². The van der Waals surface area contributed by atoms with E-state index in [0.717, 1.165) is 27.7 Å². The van der Waals surface area contributed by atoms with E-state index in [2.05, 4.69) is 15.3 Å². The SMILES string of the molecule is CNC(=O)c1cccc(-c2cccc3c(C(=O)N(C)Cc4ncc[nH]4)cccc23)c1. The molecule has 4 aromatic rings. The van der Waals surface area contributed by atoms with Crippen molar-refractivity contribution in [2.75, 3.05) is 14.1 Å². The number of H-pyrrole nitrogens is 1. The molecule has 3 aromatic carbocycles. The molecule has 6 heteroatoms. The van der Waals surface area contributed by atoms with Crippen molar-refractivity contribution in [3.05, 3.63) is 90.0 Å². The van der Waals surface area contributed by atoms with Crippen molar-refractivity contribution >= 4 is 22.6 Å². The van der Waals surface area contributed by atoms with Gasteiger partial charge in [0.15, 0.2) is 0 Å². The van der Waals surface area contributed by atoms with Crippen LogP contribution in [-0.4, -0.2) is 40.8 Å². The molecule has 30 heavy (non-hydrogen) atoms. The Hall–Kier alpha value is -3.93. The summed E-state index contributed by atoms with van der Waals surface area (Å²) in [6.07, 6.45) is 3.41. The van der Waals surface area contributed by atoms with Gasteiger partial charge in [-0.25, -0.2) is 4.98 Å². The van der Waals surface area contributed by atoms with Crippen molar-refractivity contribution in [1.82, 2.24) is 20.2 Å². The van der Waals surface area contributed by atoms with Crippen LogP contribution in [-0.2, 0) is 6.54 Å². The zero-order valence-corrected chi connectivity index (χ0v) is 16.8. The van der Waals surface area contributed by atoms with Gasteiger partial charge in [0.25, 0.3) is 11.8 Å². The Labute approximate surface area is 174 Å². The zero-order valence-electron chi connectivity index (χ0n) is 16.8. The number of aromatic nitrogens is 2. The van der Waals surface area contributed by atoms with E-state index in [1.165, 1.54) is 0 Å². The molecule has 0 unspecified atom stereocenters. The van der Waals surface area contributed by atoms with Crippen molar-refractivity contribution in [2.45, 2.75) is 6.54 Å². The first-order valence-electron chi connectivity index (χ1n) is 9.66. The zero-order chi connectivity index (χ0) is 21.1. The minimum atomic E-state index is -0.132. The van der Waals surface area contributed by atoms with E-state index in [-0.39, 0.29) is 11.8 Å². The highest BCUT2D eigenvalue weighted by Gasteiger charge is 2.17. The number of nitrogens with one attached hydrogen (secondary N) is 2. The number of hydrogen-bond acceptors (Lipinski definition) is 3. The van der Waals surface area contributed by atoms with Gasteiger partial charge in [0.2, 0.25) is 0 Å². The molecule has 0 spiro atoms. The van der Waals surface area contributed by atoms with Gasteiger partial charge in [-0.2, -0.15) is 0 Å². The first-order chi connectivity index (χ1) is 14.6. The first-order valence-corrected chi connectivity index (χ1v) is 9.66. The number of amides is 2. The smallest absolute Gasteiger partial charge is 0.254 e. The molecule has 4 rings (SSSR count). The number of nitrogens with zero attached hydrogens (tertiary/aromatic N) is 2. The number of hydrogen-bond donors (Lipinski definition) is 2. The summed E-state index contributed by atoms with van der Waals surface area (Å²) in [6.45, 7) is 0.399. The summed E-state index contributed by atoms with van der Waals surface area (Å²) in [5, 5.41) is 4.49. The maximum absolute atomic E-state index is 13.1. The van der Waals surface area contributed by atoms with E-state index in [0.29, 0.717) is 17.7 Å². The largest absolute Gasteiger partial charge is 0.355 e. The molecule has 0 fully saturated rings. The molecule has 0 aliphatic rings. The molecule has 0 aliphatic heterocycles. The number of carbonyl (C=O) groups excluding carboxylic acids is 2. The lowest BCUT2D eigenvalue weighted by Crippen LogP contribution is -2.26. The average molecular weight is 398 g/mol. The Morgan fingerprint density at radius 2 is 1.80 bits per heavy atom. The van der Waals surface area contributed by atoms with Crippen LogP contribution in [0.1, 0.15) is 26.5 Å². The van der Waals surface area contributed by atoms with Crippen LogP contribution >= 0.6 is 0 Å². The predicted octanol–water partition coefficient (Wildman–Crippen LogP) is 3.86. The van der Waals surface area contributed by atoms with Crippen LogP contribution in [0.15, 0.2) is 73.1 Å². The summed E-state index contributed by atoms with van der Waals surface area (Å²) in [4.78, 5) is 34.1. The van der Waals surface area contributed by atoms with Gasteiger partial charge in [-0.05, 0) is 40.1 Å². The minimum Gasteiger partial charge on any atom is -0.355 e. The summed E-state index contributed by atoms with van der Waals surface area (Å²) < 4.78 is 0. The lowest BCUT2D eigenvalue weighted by atomic mass is 9.94. The lowest BCUT2D eigenvalue weighted by Gasteiger charge is -2.18. The van der Waals surface area contributed by atoms with Gasteiger partial charge >= 0.3 is 0 Å². The van der Waals surface area contributed by atoms with Crippen LogP contribution in [0.5, 0.6) is 0 Å². The van der Waals surface area contributed by atoms with Crippen molar-refractivity contribution in [2.24, 2.45) is 0 Å². The molecule has 0 bridgehead atoms. The Morgan fingerprint density at radius 3 is 2.57 bits per heavy atom. The van der Waals surface area contributed by atoms with Crippen LogP contribution in [0.25, 0.3) is 21.9 Å². The molecule has 1 aromatic heterocycles. The van der Waals surface area contributed by atoms with E-state index in [1.54, 1.807) is 37.5 Å². The van der Waals surface area contributed by atoms with Gasteiger partial charge in [-0.3, -0.25) is 9.59 Å². The number of aromatic amines is 1. The molecular formula is C24H22N4O2. The summed E-state index contributed by atoms with van der Waals surface area (Å²) in [6, 6.07) is 19.1. The quantitative estimate of drug-likeness (QED) is 0.536. The van der Waals surface area contributed by atoms with Crippen LogP contribution in [0.4, 0.5) is 0 Å². The second-order valence-electron chi connectivity index (χ2n) is 7.06. The minimum absolute atomic E-state index is 0.0757. The maximum Gasteiger partial charge on any atom is 0.254 e. The topological polar surface area (TPSA) is 78.1 Å². The number of imidazole rings is 1.